The summed E-state index contributed by atoms with van der Waals surface area (Å²) < 4.78 is -0.143. The third-order valence-electron chi connectivity index (χ3n) is 15.8. The predicted octanol–water partition coefficient (Wildman–Crippen LogP) is 0.140. The molecule has 0 amide bonds. The van der Waals surface area contributed by atoms with Crippen LogP contribution >= 0.6 is 0 Å². The van der Waals surface area contributed by atoms with Gasteiger partial charge in [0.2, 0.25) is 0 Å². The van der Waals surface area contributed by atoms with E-state index in [1.807, 2.05) is 0 Å². The summed E-state index contributed by atoms with van der Waals surface area (Å²) in [5, 5.41) is 40.3. The van der Waals surface area contributed by atoms with E-state index >= 15 is 0 Å². The Labute approximate surface area is 88.0 Å². The van der Waals surface area contributed by atoms with Crippen molar-refractivity contribution in [3.8, 4) is 0 Å². The second-order valence-electron chi connectivity index (χ2n) is 10.6. The zero-order valence-corrected chi connectivity index (χ0v) is 10.0. The molecule has 0 aromatic rings. The molecule has 10 rings (SSSR count). The molecule has 90 valence electrons. The normalized spacial score (nSPS) is 123. The molecule has 0 aliphatic carbocycles. The van der Waals surface area contributed by atoms with Crippen molar-refractivity contribution in [3.05, 3.63) is 0 Å². The number of rotatable bonds is 2. The summed E-state index contributed by atoms with van der Waals surface area (Å²) in [4.78, 5) is 6.11. The van der Waals surface area contributed by atoms with E-state index in [1.165, 1.54) is 0 Å². The Morgan fingerprint density at radius 1 is 0.647 bits per heavy atom. The Bertz CT molecular complexity index is 926. The molecule has 10 heterocycles. The van der Waals surface area contributed by atoms with E-state index in [1.54, 1.807) is 0 Å². The predicted molar refractivity (Wildman–Crippen MR) is 55.8 cm³/mol. The van der Waals surface area contributed by atoms with Gasteiger partial charge in [-0.25, -0.2) is 0 Å². The first kappa shape index (κ1) is 6.78. The van der Waals surface area contributed by atoms with Gasteiger partial charge in [-0.15, -0.1) is 0 Å². The van der Waals surface area contributed by atoms with Gasteiger partial charge in [0.25, 0.3) is 0 Å². The maximum atomic E-state index is 10.1. The SMILES string of the molecule is OB(O)[C]12[CH]3[CH]4[CH]5[CH]1[Fe]45321678[CH]2[CH]1[CH]6[C]7(B(O)O)[CH]28. The molecule has 10 fully saturated rings. The van der Waals surface area contributed by atoms with Crippen molar-refractivity contribution in [3.63, 3.8) is 0 Å². The van der Waals surface area contributed by atoms with E-state index in [0.717, 1.165) is 19.3 Å². The molecule has 10 aliphatic heterocycles. The molecule has 1 spiro atoms. The first-order chi connectivity index (χ1) is 7.82. The van der Waals surface area contributed by atoms with Crippen LogP contribution in [0.25, 0.3) is 0 Å². The molecule has 17 heavy (non-hydrogen) atoms. The van der Waals surface area contributed by atoms with Crippen molar-refractivity contribution in [1.82, 2.24) is 0 Å². The standard InChI is InChI=1S/2C5H6BO2.Fe/c2*7-6(8)5-3-1-2-4-5;/h2*1-4,7-8H;. The molecule has 4 N–H and O–H groups in total. The summed E-state index contributed by atoms with van der Waals surface area (Å²) >= 11 is 0. The van der Waals surface area contributed by atoms with Crippen LogP contribution in [0.15, 0.2) is 0 Å². The Morgan fingerprint density at radius 3 is 1.06 bits per heavy atom. The van der Waals surface area contributed by atoms with Gasteiger partial charge in [0.05, 0.1) is 0 Å². The fourth-order valence-corrected chi connectivity index (χ4v) is 94.8. The molecule has 8 unspecified atom stereocenters. The van der Waals surface area contributed by atoms with E-state index in [0.29, 0.717) is 19.3 Å². The van der Waals surface area contributed by atoms with Crippen LogP contribution < -0.4 is 0 Å². The molecule has 0 saturated carbocycles. The molecular weight excluding hydrogens is 262 g/mol. The molecule has 4 nitrogen and oxygen atoms in total. The summed E-state index contributed by atoms with van der Waals surface area (Å²) in [6.45, 7) is -3.90. The van der Waals surface area contributed by atoms with E-state index in [9.17, 15) is 20.1 Å². The number of hydrogen-bond donors (Lipinski definition) is 4. The molecule has 0 aromatic heterocycles. The summed E-state index contributed by atoms with van der Waals surface area (Å²) in [6.07, 6.45) is 0. The van der Waals surface area contributed by atoms with Crippen LogP contribution in [-0.2, 0) is 6.51 Å². The Balaban J connectivity index is 1.72. The van der Waals surface area contributed by atoms with E-state index in [-0.39, 0.29) is 8.43 Å². The fraction of sp³-hybridized carbons (Fsp3) is 1.00. The van der Waals surface area contributed by atoms with E-state index in [2.05, 4.69) is 0 Å². The number of hydrogen-bond acceptors (Lipinski definition) is 4. The van der Waals surface area contributed by atoms with Crippen LogP contribution in [-0.4, -0.2) is 34.3 Å². The molecule has 8 atom stereocenters. The van der Waals surface area contributed by atoms with Gasteiger partial charge in [0.1, 0.15) is 0 Å². The minimum atomic E-state index is -3.90. The maximum absolute atomic E-state index is 10.1. The van der Waals surface area contributed by atoms with Gasteiger partial charge in [-0.1, -0.05) is 0 Å². The van der Waals surface area contributed by atoms with E-state index < -0.39 is 20.7 Å². The van der Waals surface area contributed by atoms with Crippen molar-refractivity contribution in [2.45, 2.75) is 47.0 Å². The van der Waals surface area contributed by atoms with Gasteiger partial charge in [-0.3, -0.25) is 0 Å². The minimum absolute atomic E-state index is 0.0713. The summed E-state index contributed by atoms with van der Waals surface area (Å²) in [6, 6.07) is 0. The molecule has 0 radical (unpaired) electrons. The first-order valence-corrected chi connectivity index (χ1v) is 13.0. The summed E-state index contributed by atoms with van der Waals surface area (Å²) in [7, 11) is -2.24. The molecule has 0 bridgehead atoms. The Kier molecular flexibility index (Phi) is 0.206. The molecule has 7 heteroatoms. The molecule has 10 aliphatic rings. The summed E-state index contributed by atoms with van der Waals surface area (Å²) in [5.74, 6) is 0. The fourth-order valence-electron chi connectivity index (χ4n) is 18.3. The third kappa shape index (κ3) is 0.0609. The summed E-state index contributed by atoms with van der Waals surface area (Å²) in [5.41, 5.74) is 0. The topological polar surface area (TPSA) is 80.9 Å². The van der Waals surface area contributed by atoms with Gasteiger partial charge in [0, 0.05) is 0 Å². The zero-order valence-electron chi connectivity index (χ0n) is 8.92. The van der Waals surface area contributed by atoms with Gasteiger partial charge >= 0.3 is 87.8 Å². The van der Waals surface area contributed by atoms with Crippen molar-refractivity contribution in [1.29, 1.82) is 0 Å². The van der Waals surface area contributed by atoms with E-state index in [4.69, 9.17) is 0 Å². The average Bonchev–Trinajstić information content (AvgIpc) is 3.22. The van der Waals surface area contributed by atoms with Crippen molar-refractivity contribution < 1.29 is 26.6 Å². The van der Waals surface area contributed by atoms with Crippen molar-refractivity contribution >= 4 is 14.2 Å². The van der Waals surface area contributed by atoms with Crippen LogP contribution in [0.3, 0.4) is 0 Å². The van der Waals surface area contributed by atoms with Gasteiger partial charge in [-0.05, 0) is 0 Å². The Morgan fingerprint density at radius 2 is 0.941 bits per heavy atom. The second kappa shape index (κ2) is 0.517. The van der Waals surface area contributed by atoms with Crippen molar-refractivity contribution in [2.75, 3.05) is 0 Å². The van der Waals surface area contributed by atoms with Crippen LogP contribution in [0.4, 0.5) is 0 Å². The molecular formula is C10H12B2FeO4. The van der Waals surface area contributed by atoms with Crippen LogP contribution in [0, 0.1) is 0 Å². The average molecular weight is 274 g/mol. The molecule has 10 saturated heterocycles. The second-order valence-corrected chi connectivity index (χ2v) is 33.9. The van der Waals surface area contributed by atoms with Gasteiger partial charge in [-0.2, -0.15) is 0 Å². The van der Waals surface area contributed by atoms with Gasteiger partial charge < -0.3 is 0 Å². The third-order valence-corrected chi connectivity index (χ3v) is 59.1. The monoisotopic (exact) mass is 274 g/mol. The van der Waals surface area contributed by atoms with Crippen LogP contribution in [0.5, 0.6) is 0 Å². The van der Waals surface area contributed by atoms with Crippen LogP contribution in [0.2, 0.25) is 47.0 Å². The van der Waals surface area contributed by atoms with Gasteiger partial charge in [0.15, 0.2) is 0 Å². The zero-order chi connectivity index (χ0) is 11.1. The number of fused-ring (bicyclic) bond motifs is 10. The Hall–Kier alpha value is 0.489. The molecule has 0 aromatic carbocycles. The first-order valence-electron chi connectivity index (χ1n) is 6.75. The van der Waals surface area contributed by atoms with Crippen LogP contribution in [0.1, 0.15) is 0 Å². The van der Waals surface area contributed by atoms with Crippen molar-refractivity contribution in [2.24, 2.45) is 0 Å². The quantitative estimate of drug-likeness (QED) is 0.540.